The monoisotopic (exact) mass is 273 g/mol. The van der Waals surface area contributed by atoms with Gasteiger partial charge in [-0.1, -0.05) is 18.5 Å². The van der Waals surface area contributed by atoms with E-state index in [1.165, 1.54) is 0 Å². The maximum absolute atomic E-state index is 6.24. The number of ether oxygens (including phenoxy) is 1. The molecule has 0 fully saturated rings. The van der Waals surface area contributed by atoms with E-state index in [0.717, 1.165) is 36.8 Å². The molecule has 18 heavy (non-hydrogen) atoms. The van der Waals surface area contributed by atoms with E-state index in [2.05, 4.69) is 31.2 Å². The number of halogens is 1. The molecule has 0 aliphatic heterocycles. The summed E-state index contributed by atoms with van der Waals surface area (Å²) in [5, 5.41) is 8.35. The van der Waals surface area contributed by atoms with Gasteiger partial charge in [-0.2, -0.15) is 5.10 Å². The predicted octanol–water partition coefficient (Wildman–Crippen LogP) is 3.19. The van der Waals surface area contributed by atoms with E-state index in [4.69, 9.17) is 16.3 Å². The number of rotatable bonds is 8. The summed E-state index contributed by atoms with van der Waals surface area (Å²) in [5.41, 5.74) is 1.05. The van der Waals surface area contributed by atoms with Crippen LogP contribution in [0.15, 0.2) is 6.20 Å². The lowest BCUT2D eigenvalue weighted by Gasteiger charge is -2.20. The van der Waals surface area contributed by atoms with Gasteiger partial charge >= 0.3 is 0 Å². The summed E-state index contributed by atoms with van der Waals surface area (Å²) in [6.45, 7) is 7.87. The summed E-state index contributed by atoms with van der Waals surface area (Å²) in [5.74, 6) is 0. The van der Waals surface area contributed by atoms with Gasteiger partial charge in [0.25, 0.3) is 0 Å². The van der Waals surface area contributed by atoms with Crippen molar-refractivity contribution in [2.24, 2.45) is 0 Å². The first-order chi connectivity index (χ1) is 8.61. The van der Waals surface area contributed by atoms with Crippen molar-refractivity contribution >= 4 is 11.6 Å². The van der Waals surface area contributed by atoms with E-state index >= 15 is 0 Å². The van der Waals surface area contributed by atoms with Crippen LogP contribution >= 0.6 is 11.6 Å². The average molecular weight is 274 g/mol. The maximum Gasteiger partial charge on any atom is 0.0834 e. The molecule has 0 saturated carbocycles. The van der Waals surface area contributed by atoms with Crippen molar-refractivity contribution in [3.63, 3.8) is 0 Å². The van der Waals surface area contributed by atoms with Gasteiger partial charge in [0.1, 0.15) is 0 Å². The van der Waals surface area contributed by atoms with Crippen molar-refractivity contribution < 1.29 is 4.74 Å². The van der Waals surface area contributed by atoms with Crippen LogP contribution in [-0.2, 0) is 4.74 Å². The van der Waals surface area contributed by atoms with E-state index < -0.39 is 0 Å². The molecular formula is C13H24ClN3O. The molecule has 0 aliphatic carbocycles. The molecule has 1 aromatic heterocycles. The Morgan fingerprint density at radius 2 is 2.17 bits per heavy atom. The molecule has 0 aliphatic rings. The minimum absolute atomic E-state index is 0.180. The summed E-state index contributed by atoms with van der Waals surface area (Å²) in [6, 6.07) is 0.485. The van der Waals surface area contributed by atoms with Crippen molar-refractivity contribution in [2.45, 2.75) is 45.7 Å². The Labute approximate surface area is 115 Å². The third-order valence-electron chi connectivity index (χ3n) is 2.85. The van der Waals surface area contributed by atoms with Crippen molar-refractivity contribution in [3.8, 4) is 0 Å². The number of nitrogens with one attached hydrogen (secondary N) is 1. The zero-order valence-corrected chi connectivity index (χ0v) is 12.5. The van der Waals surface area contributed by atoms with Gasteiger partial charge in [0, 0.05) is 19.3 Å². The number of hydrogen-bond donors (Lipinski definition) is 1. The van der Waals surface area contributed by atoms with E-state index in [-0.39, 0.29) is 6.04 Å². The fourth-order valence-corrected chi connectivity index (χ4v) is 2.22. The molecule has 1 heterocycles. The second kappa shape index (κ2) is 7.77. The smallest absolute Gasteiger partial charge is 0.0834 e. The lowest BCUT2D eigenvalue weighted by Crippen LogP contribution is -2.23. The Kier molecular flexibility index (Phi) is 6.68. The molecule has 0 radical (unpaired) electrons. The third-order valence-corrected chi connectivity index (χ3v) is 3.15. The van der Waals surface area contributed by atoms with Crippen molar-refractivity contribution in [1.29, 1.82) is 0 Å². The first-order valence-corrected chi connectivity index (χ1v) is 6.97. The first-order valence-electron chi connectivity index (χ1n) is 6.59. The maximum atomic E-state index is 6.24. The van der Waals surface area contributed by atoms with Crippen LogP contribution in [0.3, 0.4) is 0 Å². The molecule has 1 atom stereocenters. The second-order valence-electron chi connectivity index (χ2n) is 4.66. The Morgan fingerprint density at radius 3 is 2.72 bits per heavy atom. The third kappa shape index (κ3) is 3.97. The van der Waals surface area contributed by atoms with Crippen LogP contribution in [0.5, 0.6) is 0 Å². The number of aromatic nitrogens is 2. The fourth-order valence-electron chi connectivity index (χ4n) is 1.95. The molecule has 1 rings (SSSR count). The highest BCUT2D eigenvalue weighted by Crippen LogP contribution is 2.27. The molecule has 0 bridgehead atoms. The van der Waals surface area contributed by atoms with Gasteiger partial charge in [-0.15, -0.1) is 0 Å². The van der Waals surface area contributed by atoms with Crippen LogP contribution < -0.4 is 5.32 Å². The molecule has 4 nitrogen and oxygen atoms in total. The van der Waals surface area contributed by atoms with Gasteiger partial charge in [0.05, 0.1) is 23.0 Å². The Morgan fingerprint density at radius 1 is 1.44 bits per heavy atom. The standard InChI is InChI=1S/C13H24ClN3O/c1-5-7-18-8-6-12(15-4)13-11(14)9-16-17(13)10(2)3/h9-10,12,15H,5-8H2,1-4H3. The van der Waals surface area contributed by atoms with Crippen LogP contribution in [0.2, 0.25) is 5.02 Å². The molecule has 5 heteroatoms. The van der Waals surface area contributed by atoms with Crippen LogP contribution in [0.4, 0.5) is 0 Å². The lowest BCUT2D eigenvalue weighted by molar-refractivity contribution is 0.124. The minimum atomic E-state index is 0.180. The molecule has 0 spiro atoms. The zero-order valence-electron chi connectivity index (χ0n) is 11.7. The van der Waals surface area contributed by atoms with Gasteiger partial charge in [0.2, 0.25) is 0 Å². The van der Waals surface area contributed by atoms with Gasteiger partial charge < -0.3 is 10.1 Å². The number of hydrogen-bond acceptors (Lipinski definition) is 3. The van der Waals surface area contributed by atoms with Gasteiger partial charge in [0.15, 0.2) is 0 Å². The zero-order chi connectivity index (χ0) is 13.5. The molecule has 1 aromatic rings. The Hall–Kier alpha value is -0.580. The molecule has 1 unspecified atom stereocenters. The summed E-state index contributed by atoms with van der Waals surface area (Å²) >= 11 is 6.24. The van der Waals surface area contributed by atoms with Crippen molar-refractivity contribution in [2.75, 3.05) is 20.3 Å². The summed E-state index contributed by atoms with van der Waals surface area (Å²) < 4.78 is 7.52. The Bertz CT molecular complexity index is 352. The van der Waals surface area contributed by atoms with Gasteiger partial charge in [-0.25, -0.2) is 0 Å². The van der Waals surface area contributed by atoms with E-state index in [9.17, 15) is 0 Å². The summed E-state index contributed by atoms with van der Waals surface area (Å²) in [4.78, 5) is 0. The SMILES string of the molecule is CCCOCCC(NC)c1c(Cl)cnn1C(C)C. The molecule has 0 amide bonds. The molecule has 0 aromatic carbocycles. The first kappa shape index (κ1) is 15.5. The minimum Gasteiger partial charge on any atom is -0.381 e. The lowest BCUT2D eigenvalue weighted by atomic mass is 10.1. The molecule has 1 N–H and O–H groups in total. The molecule has 0 saturated heterocycles. The Balaban J connectivity index is 2.72. The number of nitrogens with zero attached hydrogens (tertiary/aromatic N) is 2. The highest BCUT2D eigenvalue weighted by molar-refractivity contribution is 6.31. The summed E-state index contributed by atoms with van der Waals surface area (Å²) in [6.07, 6.45) is 3.66. The molecule has 104 valence electrons. The topological polar surface area (TPSA) is 39.1 Å². The molecular weight excluding hydrogens is 250 g/mol. The quantitative estimate of drug-likeness (QED) is 0.740. The normalized spacial score (nSPS) is 13.2. The summed E-state index contributed by atoms with van der Waals surface area (Å²) in [7, 11) is 1.94. The van der Waals surface area contributed by atoms with Gasteiger partial charge in [-0.3, -0.25) is 4.68 Å². The highest BCUT2D eigenvalue weighted by Gasteiger charge is 2.20. The van der Waals surface area contributed by atoms with E-state index in [1.54, 1.807) is 6.20 Å². The fraction of sp³-hybridized carbons (Fsp3) is 0.769. The van der Waals surface area contributed by atoms with E-state index in [1.807, 2.05) is 11.7 Å². The largest absolute Gasteiger partial charge is 0.381 e. The predicted molar refractivity (Wildman–Crippen MR) is 75.1 cm³/mol. The van der Waals surface area contributed by atoms with Gasteiger partial charge in [-0.05, 0) is 33.7 Å². The van der Waals surface area contributed by atoms with Crippen LogP contribution in [0.1, 0.15) is 51.4 Å². The van der Waals surface area contributed by atoms with E-state index in [0.29, 0.717) is 6.04 Å². The second-order valence-corrected chi connectivity index (χ2v) is 5.07. The van der Waals surface area contributed by atoms with Crippen LogP contribution in [0.25, 0.3) is 0 Å². The van der Waals surface area contributed by atoms with Crippen molar-refractivity contribution in [3.05, 3.63) is 16.9 Å². The highest BCUT2D eigenvalue weighted by atomic mass is 35.5. The van der Waals surface area contributed by atoms with Crippen molar-refractivity contribution in [1.82, 2.24) is 15.1 Å². The van der Waals surface area contributed by atoms with Crippen LogP contribution in [0, 0.1) is 0 Å². The van der Waals surface area contributed by atoms with Crippen LogP contribution in [-0.4, -0.2) is 30.0 Å². The average Bonchev–Trinajstić information content (AvgIpc) is 2.72.